The van der Waals surface area contributed by atoms with Crippen molar-refractivity contribution in [3.8, 4) is 0 Å². The number of β-amino-alcohol motifs (C(OH)–C–C–N with tert-alkyl or cyclic N) is 1. The summed E-state index contributed by atoms with van der Waals surface area (Å²) >= 11 is 0. The predicted molar refractivity (Wildman–Crippen MR) is 49.3 cm³/mol. The molecule has 1 saturated heterocycles. The summed E-state index contributed by atoms with van der Waals surface area (Å²) in [6.45, 7) is 1.71. The van der Waals surface area contributed by atoms with Gasteiger partial charge in [-0.15, -0.1) is 0 Å². The molecule has 0 spiro atoms. The number of aromatic nitrogens is 2. The van der Waals surface area contributed by atoms with Gasteiger partial charge in [-0.2, -0.15) is 5.10 Å². The van der Waals surface area contributed by atoms with Crippen LogP contribution in [0.5, 0.6) is 0 Å². The van der Waals surface area contributed by atoms with Crippen molar-refractivity contribution in [3.63, 3.8) is 0 Å². The Bertz CT molecular complexity index is 252. The molecule has 1 aliphatic heterocycles. The van der Waals surface area contributed by atoms with Crippen LogP contribution in [0.4, 0.5) is 0 Å². The normalized spacial score (nSPS) is 29.0. The van der Waals surface area contributed by atoms with E-state index in [4.69, 9.17) is 0 Å². The summed E-state index contributed by atoms with van der Waals surface area (Å²) in [4.78, 5) is 0. The highest BCUT2D eigenvalue weighted by Gasteiger charge is 2.29. The molecule has 1 aromatic rings. The van der Waals surface area contributed by atoms with Gasteiger partial charge in [-0.3, -0.25) is 5.10 Å². The second-order valence-corrected chi connectivity index (χ2v) is 3.76. The van der Waals surface area contributed by atoms with Crippen molar-refractivity contribution in [2.75, 3.05) is 13.1 Å². The predicted octanol–water partition coefficient (Wildman–Crippen LogP) is 0.0667. The fraction of sp³-hybridized carbons (Fsp3) is 0.667. The number of hydrogen-bond donors (Lipinski definition) is 3. The zero-order valence-corrected chi connectivity index (χ0v) is 7.58. The first-order valence-corrected chi connectivity index (χ1v) is 4.70. The number of aromatic amines is 1. The first-order chi connectivity index (χ1) is 6.29. The van der Waals surface area contributed by atoms with Gasteiger partial charge < -0.3 is 10.4 Å². The summed E-state index contributed by atoms with van der Waals surface area (Å²) in [5, 5.41) is 20.1. The summed E-state index contributed by atoms with van der Waals surface area (Å²) in [6, 6.07) is 1.91. The number of nitrogens with one attached hydrogen (secondary N) is 2. The first kappa shape index (κ1) is 8.72. The molecular weight excluding hydrogens is 166 g/mol. The van der Waals surface area contributed by atoms with Gasteiger partial charge in [0.1, 0.15) is 0 Å². The van der Waals surface area contributed by atoms with E-state index >= 15 is 0 Å². The minimum absolute atomic E-state index is 0.579. The Balaban J connectivity index is 1.99. The van der Waals surface area contributed by atoms with Crippen LogP contribution in [0.25, 0.3) is 0 Å². The largest absolute Gasteiger partial charge is 0.388 e. The summed E-state index contributed by atoms with van der Waals surface area (Å²) < 4.78 is 0. The first-order valence-electron chi connectivity index (χ1n) is 4.70. The molecule has 1 aromatic heterocycles. The van der Waals surface area contributed by atoms with Crippen molar-refractivity contribution in [2.45, 2.75) is 24.9 Å². The molecule has 1 fully saturated rings. The van der Waals surface area contributed by atoms with Crippen molar-refractivity contribution in [1.29, 1.82) is 0 Å². The van der Waals surface area contributed by atoms with Crippen LogP contribution in [-0.4, -0.2) is 34.0 Å². The molecule has 13 heavy (non-hydrogen) atoms. The smallest absolute Gasteiger partial charge is 0.0826 e. The average Bonchev–Trinajstić information content (AvgIpc) is 2.57. The van der Waals surface area contributed by atoms with Crippen molar-refractivity contribution >= 4 is 0 Å². The van der Waals surface area contributed by atoms with Gasteiger partial charge in [0.05, 0.1) is 5.60 Å². The van der Waals surface area contributed by atoms with Crippen molar-refractivity contribution in [2.24, 2.45) is 0 Å². The molecule has 4 nitrogen and oxygen atoms in total. The molecule has 2 heterocycles. The Morgan fingerprint density at radius 2 is 2.54 bits per heavy atom. The number of piperidine rings is 1. The minimum Gasteiger partial charge on any atom is -0.388 e. The second-order valence-electron chi connectivity index (χ2n) is 3.76. The van der Waals surface area contributed by atoms with E-state index in [1.165, 1.54) is 0 Å². The highest BCUT2D eigenvalue weighted by Crippen LogP contribution is 2.19. The van der Waals surface area contributed by atoms with E-state index in [1.807, 2.05) is 6.07 Å². The third kappa shape index (κ3) is 2.08. The number of rotatable bonds is 2. The SMILES string of the molecule is OC1(Cc2ccn[nH]2)CCCNC1. The summed E-state index contributed by atoms with van der Waals surface area (Å²) in [5.74, 6) is 0. The van der Waals surface area contributed by atoms with Crippen molar-refractivity contribution in [3.05, 3.63) is 18.0 Å². The Morgan fingerprint density at radius 3 is 3.15 bits per heavy atom. The summed E-state index contributed by atoms with van der Waals surface area (Å²) in [7, 11) is 0. The van der Waals surface area contributed by atoms with Crippen molar-refractivity contribution < 1.29 is 5.11 Å². The zero-order valence-electron chi connectivity index (χ0n) is 7.58. The van der Waals surface area contributed by atoms with Crippen LogP contribution in [0.15, 0.2) is 12.3 Å². The number of aliphatic hydroxyl groups is 1. The molecule has 1 aliphatic rings. The molecule has 0 amide bonds. The maximum Gasteiger partial charge on any atom is 0.0826 e. The van der Waals surface area contributed by atoms with Gasteiger partial charge in [0.2, 0.25) is 0 Å². The molecule has 0 aromatic carbocycles. The maximum absolute atomic E-state index is 10.1. The Kier molecular flexibility index (Phi) is 2.33. The second kappa shape index (κ2) is 3.47. The van der Waals surface area contributed by atoms with E-state index < -0.39 is 5.60 Å². The van der Waals surface area contributed by atoms with Crippen LogP contribution in [0.1, 0.15) is 18.5 Å². The molecule has 1 unspecified atom stereocenters. The van der Waals surface area contributed by atoms with Crippen LogP contribution in [0.2, 0.25) is 0 Å². The van der Waals surface area contributed by atoms with Crippen LogP contribution >= 0.6 is 0 Å². The summed E-state index contributed by atoms with van der Waals surface area (Å²) in [6.07, 6.45) is 4.30. The Labute approximate surface area is 77.4 Å². The zero-order chi connectivity index (χ0) is 9.15. The average molecular weight is 181 g/mol. The van der Waals surface area contributed by atoms with Crippen LogP contribution in [0.3, 0.4) is 0 Å². The topological polar surface area (TPSA) is 60.9 Å². The number of hydrogen-bond acceptors (Lipinski definition) is 3. The molecule has 0 saturated carbocycles. The van der Waals surface area contributed by atoms with Gasteiger partial charge in [-0.25, -0.2) is 0 Å². The van der Waals surface area contributed by atoms with E-state index in [-0.39, 0.29) is 0 Å². The summed E-state index contributed by atoms with van der Waals surface area (Å²) in [5.41, 5.74) is 0.427. The fourth-order valence-electron chi connectivity index (χ4n) is 1.84. The van der Waals surface area contributed by atoms with Crippen LogP contribution in [-0.2, 0) is 6.42 Å². The molecule has 0 bridgehead atoms. The fourth-order valence-corrected chi connectivity index (χ4v) is 1.84. The van der Waals surface area contributed by atoms with E-state index in [1.54, 1.807) is 6.20 Å². The molecular formula is C9H15N3O. The number of H-pyrrole nitrogens is 1. The monoisotopic (exact) mass is 181 g/mol. The lowest BCUT2D eigenvalue weighted by Gasteiger charge is -2.32. The standard InChI is InChI=1S/C9H15N3O/c13-9(3-1-4-10-7-9)6-8-2-5-11-12-8/h2,5,10,13H,1,3-4,6-7H2,(H,11,12). The molecule has 4 heteroatoms. The van der Waals surface area contributed by atoms with Crippen molar-refractivity contribution in [1.82, 2.24) is 15.5 Å². The van der Waals surface area contributed by atoms with E-state index in [0.29, 0.717) is 13.0 Å². The molecule has 72 valence electrons. The molecule has 0 aliphatic carbocycles. The van der Waals surface area contributed by atoms with Gasteiger partial charge in [0, 0.05) is 24.9 Å². The molecule has 2 rings (SSSR count). The third-order valence-corrected chi connectivity index (χ3v) is 2.53. The highest BCUT2D eigenvalue weighted by molar-refractivity contribution is 5.04. The Morgan fingerprint density at radius 1 is 1.62 bits per heavy atom. The van der Waals surface area contributed by atoms with Gasteiger partial charge in [-0.1, -0.05) is 0 Å². The van der Waals surface area contributed by atoms with Crippen LogP contribution < -0.4 is 5.32 Å². The van der Waals surface area contributed by atoms with Gasteiger partial charge >= 0.3 is 0 Å². The molecule has 3 N–H and O–H groups in total. The van der Waals surface area contributed by atoms with Crippen LogP contribution in [0, 0.1) is 0 Å². The maximum atomic E-state index is 10.1. The minimum atomic E-state index is -0.579. The van der Waals surface area contributed by atoms with Gasteiger partial charge in [-0.05, 0) is 25.5 Å². The van der Waals surface area contributed by atoms with E-state index in [0.717, 1.165) is 25.1 Å². The number of nitrogens with zero attached hydrogens (tertiary/aromatic N) is 1. The lowest BCUT2D eigenvalue weighted by Crippen LogP contribution is -2.47. The highest BCUT2D eigenvalue weighted by atomic mass is 16.3. The van der Waals surface area contributed by atoms with E-state index in [9.17, 15) is 5.11 Å². The Hall–Kier alpha value is -0.870. The molecule has 0 radical (unpaired) electrons. The lowest BCUT2D eigenvalue weighted by molar-refractivity contribution is 0.0161. The van der Waals surface area contributed by atoms with E-state index in [2.05, 4.69) is 15.5 Å². The lowest BCUT2D eigenvalue weighted by atomic mass is 9.89. The molecule has 1 atom stereocenters. The van der Waals surface area contributed by atoms with Gasteiger partial charge in [0.15, 0.2) is 0 Å². The third-order valence-electron chi connectivity index (χ3n) is 2.53. The van der Waals surface area contributed by atoms with Gasteiger partial charge in [0.25, 0.3) is 0 Å². The quantitative estimate of drug-likeness (QED) is 0.605.